The second-order valence-electron chi connectivity index (χ2n) is 7.27. The number of sulfonamides is 1. The summed E-state index contributed by atoms with van der Waals surface area (Å²) in [5, 5.41) is 2.72. The topological polar surface area (TPSA) is 96.0 Å². The molecule has 2 aliphatic rings. The van der Waals surface area contributed by atoms with E-state index in [0.717, 1.165) is 4.88 Å². The van der Waals surface area contributed by atoms with E-state index in [9.17, 15) is 18.0 Å². The van der Waals surface area contributed by atoms with E-state index in [-0.39, 0.29) is 29.8 Å². The molecule has 4 rings (SSSR count). The number of nitrogens with zero attached hydrogens (tertiary/aromatic N) is 2. The van der Waals surface area contributed by atoms with Gasteiger partial charge in [0.2, 0.25) is 10.0 Å². The monoisotopic (exact) mass is 449 g/mol. The van der Waals surface area contributed by atoms with Gasteiger partial charge in [0.25, 0.3) is 11.8 Å². The number of fused-ring (bicyclic) bond motifs is 1. The summed E-state index contributed by atoms with van der Waals surface area (Å²) in [7, 11) is -3.75. The fraction of sp³-hybridized carbons (Fsp3) is 0.400. The zero-order chi connectivity index (χ0) is 21.5. The minimum Gasteiger partial charge on any atom is -0.478 e. The van der Waals surface area contributed by atoms with Gasteiger partial charge in [-0.05, 0) is 43.7 Å². The minimum atomic E-state index is -3.75. The first-order valence-corrected chi connectivity index (χ1v) is 12.0. The number of rotatable bonds is 4. The van der Waals surface area contributed by atoms with Gasteiger partial charge in [-0.3, -0.25) is 9.59 Å². The van der Waals surface area contributed by atoms with E-state index >= 15 is 0 Å². The quantitative estimate of drug-likeness (QED) is 0.773. The lowest BCUT2D eigenvalue weighted by molar-refractivity contribution is -0.123. The fourth-order valence-electron chi connectivity index (χ4n) is 3.54. The molecule has 0 radical (unpaired) electrons. The number of benzene rings is 1. The van der Waals surface area contributed by atoms with Crippen LogP contribution in [0.5, 0.6) is 5.75 Å². The molecule has 2 aliphatic heterocycles. The molecule has 2 aromatic rings. The number of aryl methyl sites for hydroxylation is 1. The van der Waals surface area contributed by atoms with Crippen molar-refractivity contribution < 1.29 is 22.7 Å². The van der Waals surface area contributed by atoms with Crippen LogP contribution in [0.25, 0.3) is 0 Å². The molecule has 0 aliphatic carbocycles. The molecule has 10 heteroatoms. The first-order chi connectivity index (χ1) is 14.3. The Balaban J connectivity index is 1.47. The number of nitrogens with one attached hydrogen (secondary N) is 1. The van der Waals surface area contributed by atoms with Crippen LogP contribution in [-0.4, -0.2) is 61.7 Å². The van der Waals surface area contributed by atoms with E-state index in [0.29, 0.717) is 35.8 Å². The normalized spacial score (nSPS) is 19.7. The maximum Gasteiger partial charge on any atom is 0.265 e. The largest absolute Gasteiger partial charge is 0.478 e. The van der Waals surface area contributed by atoms with Gasteiger partial charge in [-0.15, -0.1) is 11.3 Å². The lowest BCUT2D eigenvalue weighted by Gasteiger charge is -2.34. The number of amides is 2. The van der Waals surface area contributed by atoms with Crippen LogP contribution in [-0.2, 0) is 14.8 Å². The minimum absolute atomic E-state index is 0.0655. The Hall–Kier alpha value is -2.43. The molecule has 1 unspecified atom stereocenters. The first kappa shape index (κ1) is 20.8. The second kappa shape index (κ2) is 8.01. The Morgan fingerprint density at radius 1 is 1.20 bits per heavy atom. The van der Waals surface area contributed by atoms with E-state index in [4.69, 9.17) is 4.74 Å². The molecule has 0 saturated carbocycles. The number of carbonyl (C=O) groups is 2. The highest BCUT2D eigenvalue weighted by Crippen LogP contribution is 2.33. The first-order valence-electron chi connectivity index (χ1n) is 9.77. The summed E-state index contributed by atoms with van der Waals surface area (Å²) < 4.78 is 33.2. The molecule has 8 nitrogen and oxygen atoms in total. The van der Waals surface area contributed by atoms with Gasteiger partial charge < -0.3 is 15.0 Å². The maximum atomic E-state index is 13.1. The lowest BCUT2D eigenvalue weighted by atomic mass is 10.2. The molecule has 1 saturated heterocycles. The van der Waals surface area contributed by atoms with Crippen molar-refractivity contribution in [2.24, 2.45) is 0 Å². The third-order valence-corrected chi connectivity index (χ3v) is 8.14. The number of anilines is 1. The highest BCUT2D eigenvalue weighted by Gasteiger charge is 2.33. The van der Waals surface area contributed by atoms with Crippen molar-refractivity contribution in [1.29, 1.82) is 0 Å². The van der Waals surface area contributed by atoms with Crippen LogP contribution < -0.4 is 10.1 Å². The van der Waals surface area contributed by atoms with E-state index in [2.05, 4.69) is 5.32 Å². The van der Waals surface area contributed by atoms with Gasteiger partial charge in [0.05, 0.1) is 15.5 Å². The number of ether oxygens (including phenoxy) is 1. The summed E-state index contributed by atoms with van der Waals surface area (Å²) in [5.41, 5.74) is 0.354. The van der Waals surface area contributed by atoms with E-state index < -0.39 is 16.1 Å². The summed E-state index contributed by atoms with van der Waals surface area (Å²) in [6.07, 6.45) is -0.0444. The molecule has 2 amide bonds. The predicted molar refractivity (Wildman–Crippen MR) is 113 cm³/mol. The molecule has 3 heterocycles. The average Bonchev–Trinajstić information content (AvgIpc) is 3.18. The highest BCUT2D eigenvalue weighted by molar-refractivity contribution is 7.89. The Bertz CT molecular complexity index is 1090. The zero-order valence-corrected chi connectivity index (χ0v) is 18.4. The number of hydrogen-bond acceptors (Lipinski definition) is 6. The van der Waals surface area contributed by atoms with Gasteiger partial charge in [0.15, 0.2) is 6.10 Å². The molecule has 1 N–H and O–H groups in total. The van der Waals surface area contributed by atoms with Crippen molar-refractivity contribution in [3.8, 4) is 5.75 Å². The lowest BCUT2D eigenvalue weighted by Crippen LogP contribution is -2.50. The smallest absolute Gasteiger partial charge is 0.265 e. The molecule has 30 heavy (non-hydrogen) atoms. The van der Waals surface area contributed by atoms with Gasteiger partial charge in [-0.1, -0.05) is 6.92 Å². The molecule has 160 valence electrons. The van der Waals surface area contributed by atoms with Crippen LogP contribution in [0.3, 0.4) is 0 Å². The number of piperazine rings is 1. The Morgan fingerprint density at radius 3 is 2.57 bits per heavy atom. The standard InChI is InChI=1S/C20H23N3O5S2/c1-3-16-19(24)21-15-12-14(5-6-17(15)28-16)30(26,27)23-10-8-22(9-11-23)20(25)18-7-4-13(2)29-18/h4-7,12,16H,3,8-11H2,1-2H3,(H,21,24). The Kier molecular flexibility index (Phi) is 5.56. The third-order valence-electron chi connectivity index (χ3n) is 5.26. The fourth-order valence-corrected chi connectivity index (χ4v) is 5.83. The molecular weight excluding hydrogens is 426 g/mol. The SMILES string of the molecule is CCC1Oc2ccc(S(=O)(=O)N3CCN(C(=O)c4ccc(C)s4)CC3)cc2NC1=O. The van der Waals surface area contributed by atoms with Gasteiger partial charge in [-0.25, -0.2) is 8.42 Å². The van der Waals surface area contributed by atoms with E-state index in [1.807, 2.05) is 19.9 Å². The van der Waals surface area contributed by atoms with Crippen LogP contribution >= 0.6 is 11.3 Å². The molecule has 1 aromatic heterocycles. The third kappa shape index (κ3) is 3.82. The van der Waals surface area contributed by atoms with Crippen molar-refractivity contribution in [1.82, 2.24) is 9.21 Å². The molecule has 0 bridgehead atoms. The predicted octanol–water partition coefficient (Wildman–Crippen LogP) is 2.31. The molecule has 1 atom stereocenters. The number of hydrogen-bond donors (Lipinski definition) is 1. The van der Waals surface area contributed by atoms with Crippen LogP contribution in [0, 0.1) is 6.92 Å². The molecular formula is C20H23N3O5S2. The van der Waals surface area contributed by atoms with E-state index in [1.165, 1.54) is 27.8 Å². The summed E-state index contributed by atoms with van der Waals surface area (Å²) in [6.45, 7) is 4.89. The Morgan fingerprint density at radius 2 is 1.93 bits per heavy atom. The average molecular weight is 450 g/mol. The van der Waals surface area contributed by atoms with Gasteiger partial charge in [0.1, 0.15) is 5.75 Å². The Labute approximate surface area is 179 Å². The van der Waals surface area contributed by atoms with E-state index in [1.54, 1.807) is 17.0 Å². The number of carbonyl (C=O) groups excluding carboxylic acids is 2. The summed E-state index contributed by atoms with van der Waals surface area (Å²) in [4.78, 5) is 28.1. The second-order valence-corrected chi connectivity index (χ2v) is 10.5. The summed E-state index contributed by atoms with van der Waals surface area (Å²) >= 11 is 1.44. The zero-order valence-electron chi connectivity index (χ0n) is 16.8. The molecule has 0 spiro atoms. The van der Waals surface area contributed by atoms with Crippen LogP contribution in [0.2, 0.25) is 0 Å². The van der Waals surface area contributed by atoms with Gasteiger partial charge in [-0.2, -0.15) is 4.31 Å². The maximum absolute atomic E-state index is 13.1. The molecule has 1 fully saturated rings. The van der Waals surface area contributed by atoms with Crippen LogP contribution in [0.4, 0.5) is 5.69 Å². The van der Waals surface area contributed by atoms with Crippen molar-refractivity contribution in [3.05, 3.63) is 40.1 Å². The summed E-state index contributed by atoms with van der Waals surface area (Å²) in [5.74, 6) is 0.113. The van der Waals surface area contributed by atoms with Gasteiger partial charge in [0, 0.05) is 31.1 Å². The highest BCUT2D eigenvalue weighted by atomic mass is 32.2. The van der Waals surface area contributed by atoms with Gasteiger partial charge >= 0.3 is 0 Å². The summed E-state index contributed by atoms with van der Waals surface area (Å²) in [6, 6.07) is 8.20. The van der Waals surface area contributed by atoms with Crippen molar-refractivity contribution in [2.45, 2.75) is 31.3 Å². The number of thiophene rings is 1. The van der Waals surface area contributed by atoms with Crippen molar-refractivity contribution in [2.75, 3.05) is 31.5 Å². The van der Waals surface area contributed by atoms with Crippen LogP contribution in [0.1, 0.15) is 27.9 Å². The van der Waals surface area contributed by atoms with Crippen molar-refractivity contribution in [3.63, 3.8) is 0 Å². The van der Waals surface area contributed by atoms with Crippen molar-refractivity contribution >= 4 is 38.9 Å². The molecule has 1 aromatic carbocycles. The van der Waals surface area contributed by atoms with Crippen LogP contribution in [0.15, 0.2) is 35.2 Å².